The summed E-state index contributed by atoms with van der Waals surface area (Å²) in [5.41, 5.74) is 4.30. The van der Waals surface area contributed by atoms with Crippen molar-refractivity contribution in [2.45, 2.75) is 115 Å². The maximum Gasteiger partial charge on any atom is 2.00 e. The molecule has 2 unspecified atom stereocenters. The van der Waals surface area contributed by atoms with Crippen LogP contribution in [0.4, 0.5) is 0 Å². The zero-order chi connectivity index (χ0) is 21.8. The van der Waals surface area contributed by atoms with E-state index >= 15 is 0 Å². The molecule has 0 bridgehead atoms. The third-order valence-corrected chi connectivity index (χ3v) is 13.2. The predicted octanol–water partition coefficient (Wildman–Crippen LogP) is 9.15. The minimum atomic E-state index is -0.128. The van der Waals surface area contributed by atoms with Crippen LogP contribution in [-0.4, -0.2) is 21.6 Å². The zero-order valence-electron chi connectivity index (χ0n) is 22.3. The third kappa shape index (κ3) is 9.15. The largest absolute Gasteiger partial charge is 2.00 e. The summed E-state index contributed by atoms with van der Waals surface area (Å²) < 4.78 is 11.3. The number of hydrogen-bond donors (Lipinski definition) is 0. The quantitative estimate of drug-likeness (QED) is 0.222. The SMILES string of the molecule is CC(C)(C)P(c1ccco1)C1CCCC1.CC(C)(C)P(c1ccco1)C1CCCC1.[CH3-].[CH3-].[Fe+2]. The van der Waals surface area contributed by atoms with Crippen molar-refractivity contribution in [3.05, 3.63) is 51.6 Å². The minimum Gasteiger partial charge on any atom is -0.465 e. The fraction of sp³-hybridized carbons (Fsp3) is 0.643. The van der Waals surface area contributed by atoms with E-state index in [1.54, 1.807) is 0 Å². The minimum absolute atomic E-state index is 0. The second kappa shape index (κ2) is 14.5. The summed E-state index contributed by atoms with van der Waals surface area (Å²) in [7, 11) is -0.255. The Hall–Kier alpha value is -0.0605. The van der Waals surface area contributed by atoms with Crippen LogP contribution in [0.15, 0.2) is 45.6 Å². The molecule has 2 fully saturated rings. The molecule has 2 atom stereocenters. The molecular formula is C28H48FeO2P2. The molecule has 0 spiro atoms. The van der Waals surface area contributed by atoms with Gasteiger partial charge in [0.15, 0.2) is 0 Å². The second-order valence-corrected chi connectivity index (χ2v) is 17.4. The van der Waals surface area contributed by atoms with E-state index in [-0.39, 0.29) is 47.8 Å². The number of hydrogen-bond acceptors (Lipinski definition) is 2. The molecule has 2 saturated carbocycles. The van der Waals surface area contributed by atoms with E-state index in [2.05, 4.69) is 53.7 Å². The molecule has 0 aliphatic heterocycles. The van der Waals surface area contributed by atoms with Gasteiger partial charge in [0.1, 0.15) is 11.0 Å². The molecule has 2 nitrogen and oxygen atoms in total. The molecule has 0 N–H and O–H groups in total. The van der Waals surface area contributed by atoms with Gasteiger partial charge in [0.2, 0.25) is 0 Å². The Morgan fingerprint density at radius 1 is 0.636 bits per heavy atom. The number of rotatable bonds is 4. The molecule has 2 aliphatic carbocycles. The van der Waals surface area contributed by atoms with E-state index < -0.39 is 0 Å². The van der Waals surface area contributed by atoms with E-state index in [9.17, 15) is 0 Å². The van der Waals surface area contributed by atoms with Crippen molar-refractivity contribution in [1.82, 2.24) is 0 Å². The monoisotopic (exact) mass is 534 g/mol. The van der Waals surface area contributed by atoms with Gasteiger partial charge in [0.05, 0.1) is 12.5 Å². The van der Waals surface area contributed by atoms with Crippen LogP contribution in [0, 0.1) is 14.9 Å². The summed E-state index contributed by atoms with van der Waals surface area (Å²) in [6.07, 6.45) is 14.9. The Bertz CT molecular complexity index is 653. The summed E-state index contributed by atoms with van der Waals surface area (Å²) in [5.74, 6) is 0. The Balaban J connectivity index is 0.000000569. The van der Waals surface area contributed by atoms with Gasteiger partial charge in [-0.05, 0) is 87.4 Å². The molecule has 190 valence electrons. The van der Waals surface area contributed by atoms with Crippen molar-refractivity contribution in [3.63, 3.8) is 0 Å². The Morgan fingerprint density at radius 3 is 1.15 bits per heavy atom. The third-order valence-electron chi connectivity index (χ3n) is 6.31. The first-order chi connectivity index (χ1) is 14.2. The van der Waals surface area contributed by atoms with Crippen molar-refractivity contribution >= 4 is 26.8 Å². The summed E-state index contributed by atoms with van der Waals surface area (Å²) >= 11 is 0. The Morgan fingerprint density at radius 2 is 0.939 bits per heavy atom. The number of furan rings is 2. The van der Waals surface area contributed by atoms with Crippen LogP contribution in [0.25, 0.3) is 0 Å². The van der Waals surface area contributed by atoms with Crippen LogP contribution in [0.5, 0.6) is 0 Å². The second-order valence-electron chi connectivity index (χ2n) is 10.9. The van der Waals surface area contributed by atoms with E-state index in [1.807, 2.05) is 24.7 Å². The van der Waals surface area contributed by atoms with Crippen LogP contribution in [0.2, 0.25) is 0 Å². The summed E-state index contributed by atoms with van der Waals surface area (Å²) in [6, 6.07) is 8.42. The van der Waals surface area contributed by atoms with Crippen molar-refractivity contribution in [2.24, 2.45) is 0 Å². The van der Waals surface area contributed by atoms with Gasteiger partial charge >= 0.3 is 17.1 Å². The molecule has 5 heteroatoms. The molecule has 2 aromatic heterocycles. The first-order valence-corrected chi connectivity index (χ1v) is 14.7. The molecule has 2 aliphatic rings. The Labute approximate surface area is 218 Å². The fourth-order valence-electron chi connectivity index (χ4n) is 5.26. The molecule has 2 heterocycles. The van der Waals surface area contributed by atoms with Crippen LogP contribution in [-0.2, 0) is 17.1 Å². The van der Waals surface area contributed by atoms with E-state index in [0.717, 1.165) is 11.3 Å². The standard InChI is InChI=1S/2C13H21OP.2CH3.Fe/c2*1-13(2,3)15(11-7-4-5-8-11)12-9-6-10-14-12;;;/h2*6,9-11H,4-5,7-8H2,1-3H3;2*1H3;/q;;2*-1;+2. The van der Waals surface area contributed by atoms with Crippen LogP contribution in [0.1, 0.15) is 92.9 Å². The molecular weight excluding hydrogens is 486 g/mol. The average Bonchev–Trinajstić information content (AvgIpc) is 3.44. The fourth-order valence-corrected chi connectivity index (χ4v) is 12.1. The molecule has 0 aromatic carbocycles. The smallest absolute Gasteiger partial charge is 0.465 e. The van der Waals surface area contributed by atoms with Gasteiger partial charge in [-0.15, -0.1) is 0 Å². The van der Waals surface area contributed by atoms with Crippen LogP contribution >= 0.6 is 15.8 Å². The van der Waals surface area contributed by atoms with Crippen molar-refractivity contribution < 1.29 is 25.9 Å². The van der Waals surface area contributed by atoms with Gasteiger partial charge in [0.25, 0.3) is 0 Å². The first-order valence-electron chi connectivity index (χ1n) is 11.8. The van der Waals surface area contributed by atoms with E-state index in [0.29, 0.717) is 10.3 Å². The van der Waals surface area contributed by atoms with Gasteiger partial charge in [-0.3, -0.25) is 0 Å². The van der Waals surface area contributed by atoms with Crippen molar-refractivity contribution in [3.8, 4) is 0 Å². The topological polar surface area (TPSA) is 26.3 Å². The summed E-state index contributed by atoms with van der Waals surface area (Å²) in [5, 5.41) is 0.754. The van der Waals surface area contributed by atoms with Crippen molar-refractivity contribution in [1.29, 1.82) is 0 Å². The first kappa shape index (κ1) is 32.9. The van der Waals surface area contributed by atoms with E-state index in [4.69, 9.17) is 8.83 Å². The maximum absolute atomic E-state index is 5.66. The van der Waals surface area contributed by atoms with Crippen LogP contribution in [0.3, 0.4) is 0 Å². The normalized spacial score (nSPS) is 18.8. The molecule has 2 aromatic rings. The molecule has 0 saturated heterocycles. The van der Waals surface area contributed by atoms with Gasteiger partial charge in [-0.25, -0.2) is 0 Å². The molecule has 0 amide bonds. The molecule has 4 rings (SSSR count). The van der Waals surface area contributed by atoms with Gasteiger partial charge < -0.3 is 23.7 Å². The molecule has 33 heavy (non-hydrogen) atoms. The average molecular weight is 534 g/mol. The van der Waals surface area contributed by atoms with Gasteiger partial charge in [-0.2, -0.15) is 0 Å². The molecule has 0 radical (unpaired) electrons. The van der Waals surface area contributed by atoms with Gasteiger partial charge in [-0.1, -0.05) is 67.2 Å². The van der Waals surface area contributed by atoms with Crippen molar-refractivity contribution in [2.75, 3.05) is 0 Å². The summed E-state index contributed by atoms with van der Waals surface area (Å²) in [6.45, 7) is 14.2. The van der Waals surface area contributed by atoms with E-state index in [1.165, 1.54) is 62.4 Å². The van der Waals surface area contributed by atoms with Gasteiger partial charge in [0, 0.05) is 0 Å². The zero-order valence-corrected chi connectivity index (χ0v) is 25.2. The predicted molar refractivity (Wildman–Crippen MR) is 147 cm³/mol. The summed E-state index contributed by atoms with van der Waals surface area (Å²) in [4.78, 5) is 0. The maximum atomic E-state index is 5.66. The van der Waals surface area contributed by atoms with Crippen LogP contribution < -0.4 is 11.0 Å². The Kier molecular flexibility index (Phi) is 14.5.